The summed E-state index contributed by atoms with van der Waals surface area (Å²) in [5.74, 6) is 0. The summed E-state index contributed by atoms with van der Waals surface area (Å²) >= 11 is 4.14. The maximum atomic E-state index is 10.6. The van der Waals surface area contributed by atoms with Crippen LogP contribution in [-0.2, 0) is 0 Å². The van der Waals surface area contributed by atoms with Crippen molar-refractivity contribution >= 4 is 50.9 Å². The zero-order valence-electron chi connectivity index (χ0n) is 7.10. The van der Waals surface area contributed by atoms with Gasteiger partial charge in [0.25, 0.3) is 5.69 Å². The van der Waals surface area contributed by atoms with Crippen molar-refractivity contribution < 1.29 is 4.92 Å². The smallest absolute Gasteiger partial charge is 0.258 e. The molecule has 1 rings (SSSR count). The molecule has 0 N–H and O–H groups in total. The second kappa shape index (κ2) is 4.07. The van der Waals surface area contributed by atoms with Crippen LogP contribution >= 0.6 is 45.2 Å². The van der Waals surface area contributed by atoms with Gasteiger partial charge in [-0.3, -0.25) is 10.1 Å². The number of hydrogen-bond donors (Lipinski definition) is 0. The molecule has 5 heteroatoms. The van der Waals surface area contributed by atoms with Crippen molar-refractivity contribution in [3.05, 3.63) is 34.4 Å². The van der Waals surface area contributed by atoms with Crippen LogP contribution in [0.2, 0.25) is 0 Å². The molecule has 0 aliphatic carbocycles. The van der Waals surface area contributed by atoms with Crippen LogP contribution in [0.15, 0.2) is 6.07 Å². The van der Waals surface area contributed by atoms with Crippen LogP contribution in [-0.4, -0.2) is 4.92 Å². The second-order valence-corrected chi connectivity index (χ2v) is 4.94. The lowest BCUT2D eigenvalue weighted by atomic mass is 10.1. The van der Waals surface area contributed by atoms with E-state index in [1.54, 1.807) is 6.07 Å². The van der Waals surface area contributed by atoms with Gasteiger partial charge in [0.15, 0.2) is 0 Å². The van der Waals surface area contributed by atoms with Crippen molar-refractivity contribution in [3.8, 4) is 0 Å². The molecule has 0 fully saturated rings. The number of nitrogens with zero attached hydrogens (tertiary/aromatic N) is 1. The molecule has 0 saturated heterocycles. The summed E-state index contributed by atoms with van der Waals surface area (Å²) in [6.07, 6.45) is 0. The van der Waals surface area contributed by atoms with Crippen molar-refractivity contribution in [1.29, 1.82) is 0 Å². The van der Waals surface area contributed by atoms with Gasteiger partial charge in [0, 0.05) is 9.64 Å². The molecule has 3 nitrogen and oxygen atoms in total. The Labute approximate surface area is 103 Å². The summed E-state index contributed by atoms with van der Waals surface area (Å²) < 4.78 is 1.68. The molecule has 0 atom stereocenters. The highest BCUT2D eigenvalue weighted by molar-refractivity contribution is 14.1. The van der Waals surface area contributed by atoms with E-state index in [4.69, 9.17) is 0 Å². The zero-order valence-corrected chi connectivity index (χ0v) is 11.4. The van der Waals surface area contributed by atoms with Crippen molar-refractivity contribution in [2.24, 2.45) is 0 Å². The largest absolute Gasteiger partial charge is 0.283 e. The van der Waals surface area contributed by atoms with Crippen molar-refractivity contribution in [1.82, 2.24) is 0 Å². The molecule has 0 unspecified atom stereocenters. The summed E-state index contributed by atoms with van der Waals surface area (Å²) in [4.78, 5) is 10.3. The first-order valence-electron chi connectivity index (χ1n) is 3.54. The Morgan fingerprint density at radius 1 is 1.31 bits per heavy atom. The summed E-state index contributed by atoms with van der Waals surface area (Å²) in [7, 11) is 0. The molecule has 1 aromatic carbocycles. The monoisotopic (exact) mass is 403 g/mol. The zero-order chi connectivity index (χ0) is 10.2. The fourth-order valence-electron chi connectivity index (χ4n) is 0.960. The minimum absolute atomic E-state index is 0.202. The third-order valence-corrected chi connectivity index (χ3v) is 4.42. The van der Waals surface area contributed by atoms with Gasteiger partial charge in [-0.25, -0.2) is 0 Å². The minimum Gasteiger partial charge on any atom is -0.258 e. The van der Waals surface area contributed by atoms with Crippen LogP contribution in [0.1, 0.15) is 11.1 Å². The number of benzene rings is 1. The first kappa shape index (κ1) is 11.2. The predicted octanol–water partition coefficient (Wildman–Crippen LogP) is 3.42. The number of rotatable bonds is 1. The molecule has 0 heterocycles. The summed E-state index contributed by atoms with van der Waals surface area (Å²) in [5.41, 5.74) is 2.32. The van der Waals surface area contributed by atoms with E-state index in [1.807, 2.05) is 36.4 Å². The molecule has 0 aromatic heterocycles. The van der Waals surface area contributed by atoms with Gasteiger partial charge in [0.2, 0.25) is 0 Å². The van der Waals surface area contributed by atoms with Crippen molar-refractivity contribution in [2.75, 3.05) is 0 Å². The highest BCUT2D eigenvalue weighted by atomic mass is 127. The molecular weight excluding hydrogens is 396 g/mol. The predicted molar refractivity (Wildman–Crippen MR) is 68.0 cm³/mol. The molecule has 0 amide bonds. The van der Waals surface area contributed by atoms with Crippen LogP contribution in [0.5, 0.6) is 0 Å². The SMILES string of the molecule is Cc1c(I)cc([N+](=O)[O-])c(I)c1C. The van der Waals surface area contributed by atoms with Gasteiger partial charge in [-0.2, -0.15) is 0 Å². The molecule has 0 saturated carbocycles. The van der Waals surface area contributed by atoms with Gasteiger partial charge in [-0.15, -0.1) is 0 Å². The van der Waals surface area contributed by atoms with Crippen molar-refractivity contribution in [3.63, 3.8) is 0 Å². The first-order chi connectivity index (χ1) is 5.95. The molecular formula is C8H7I2NO2. The molecule has 0 bridgehead atoms. The van der Waals surface area contributed by atoms with Gasteiger partial charge in [0.05, 0.1) is 8.49 Å². The topological polar surface area (TPSA) is 43.1 Å². The average molecular weight is 403 g/mol. The number of nitro benzene ring substituents is 1. The van der Waals surface area contributed by atoms with Gasteiger partial charge < -0.3 is 0 Å². The molecule has 0 aliphatic heterocycles. The van der Waals surface area contributed by atoms with E-state index in [0.29, 0.717) is 0 Å². The summed E-state index contributed by atoms with van der Waals surface area (Å²) in [5, 5.41) is 10.6. The molecule has 70 valence electrons. The second-order valence-electron chi connectivity index (χ2n) is 2.70. The van der Waals surface area contributed by atoms with Crippen molar-refractivity contribution in [2.45, 2.75) is 13.8 Å². The molecule has 1 aromatic rings. The fraction of sp³-hybridized carbons (Fsp3) is 0.250. The van der Waals surface area contributed by atoms with Gasteiger partial charge in [-0.05, 0) is 70.2 Å². The van der Waals surface area contributed by atoms with Crippen LogP contribution in [0.25, 0.3) is 0 Å². The molecule has 0 aliphatic rings. The van der Waals surface area contributed by atoms with E-state index in [1.165, 1.54) is 0 Å². The third-order valence-electron chi connectivity index (χ3n) is 1.94. The van der Waals surface area contributed by atoms with Crippen LogP contribution in [0.3, 0.4) is 0 Å². The minimum atomic E-state index is -0.337. The van der Waals surface area contributed by atoms with E-state index in [-0.39, 0.29) is 10.6 Å². The lowest BCUT2D eigenvalue weighted by molar-refractivity contribution is -0.385. The van der Waals surface area contributed by atoms with E-state index < -0.39 is 0 Å². The maximum absolute atomic E-state index is 10.6. The van der Waals surface area contributed by atoms with E-state index in [9.17, 15) is 10.1 Å². The lowest BCUT2D eigenvalue weighted by Crippen LogP contribution is -1.98. The van der Waals surface area contributed by atoms with Gasteiger partial charge in [-0.1, -0.05) is 0 Å². The number of hydrogen-bond acceptors (Lipinski definition) is 2. The first-order valence-corrected chi connectivity index (χ1v) is 5.70. The third kappa shape index (κ3) is 2.12. The Bertz CT molecular complexity index is 377. The molecule has 13 heavy (non-hydrogen) atoms. The van der Waals surface area contributed by atoms with Crippen LogP contribution < -0.4 is 0 Å². The van der Waals surface area contributed by atoms with E-state index in [0.717, 1.165) is 18.3 Å². The quantitative estimate of drug-likeness (QED) is 0.410. The fourth-order valence-corrected chi connectivity index (χ4v) is 2.42. The average Bonchev–Trinajstić information content (AvgIpc) is 2.07. The van der Waals surface area contributed by atoms with Gasteiger partial charge in [0.1, 0.15) is 0 Å². The highest BCUT2D eigenvalue weighted by Gasteiger charge is 2.17. The van der Waals surface area contributed by atoms with Crippen LogP contribution in [0.4, 0.5) is 5.69 Å². The normalized spacial score (nSPS) is 10.2. The van der Waals surface area contributed by atoms with E-state index in [2.05, 4.69) is 22.6 Å². The van der Waals surface area contributed by atoms with Gasteiger partial charge >= 0.3 is 0 Å². The maximum Gasteiger partial charge on any atom is 0.283 e. The van der Waals surface area contributed by atoms with E-state index >= 15 is 0 Å². The lowest BCUT2D eigenvalue weighted by Gasteiger charge is -2.05. The molecule has 0 spiro atoms. The standard InChI is InChI=1S/C8H7I2NO2/c1-4-5(2)8(10)7(11(12)13)3-6(4)9/h3H,1-2H3. The Morgan fingerprint density at radius 2 is 1.85 bits per heavy atom. The number of halogens is 2. The van der Waals surface area contributed by atoms with Crippen LogP contribution in [0, 0.1) is 31.1 Å². The Balaban J connectivity index is 3.50. The Kier molecular flexibility index (Phi) is 3.50. The Morgan fingerprint density at radius 3 is 2.31 bits per heavy atom. The molecule has 0 radical (unpaired) electrons. The summed E-state index contributed by atoms with van der Waals surface area (Å²) in [6.45, 7) is 3.88. The highest BCUT2D eigenvalue weighted by Crippen LogP contribution is 2.29. The summed E-state index contributed by atoms with van der Waals surface area (Å²) in [6, 6.07) is 1.62. The number of nitro groups is 1. The Hall–Kier alpha value is 0.0800.